The summed E-state index contributed by atoms with van der Waals surface area (Å²) in [5.41, 5.74) is 6.00. The van der Waals surface area contributed by atoms with Gasteiger partial charge in [-0.1, -0.05) is 24.3 Å². The van der Waals surface area contributed by atoms with Crippen LogP contribution < -0.4 is 5.73 Å². The zero-order chi connectivity index (χ0) is 14.0. The summed E-state index contributed by atoms with van der Waals surface area (Å²) < 4.78 is 0. The molecule has 6 heteroatoms. The van der Waals surface area contributed by atoms with Gasteiger partial charge in [0.15, 0.2) is 0 Å². The van der Waals surface area contributed by atoms with Crippen LogP contribution >= 0.6 is 0 Å². The zero-order valence-electron chi connectivity index (χ0n) is 9.95. The van der Waals surface area contributed by atoms with Gasteiger partial charge in [-0.25, -0.2) is 0 Å². The Morgan fingerprint density at radius 2 is 2.05 bits per heavy atom. The maximum atomic E-state index is 10.9. The van der Waals surface area contributed by atoms with Gasteiger partial charge < -0.3 is 10.8 Å². The van der Waals surface area contributed by atoms with Gasteiger partial charge in [-0.3, -0.25) is 14.9 Å². The summed E-state index contributed by atoms with van der Waals surface area (Å²) in [6.07, 6.45) is 0.0531. The molecule has 0 saturated heterocycles. The van der Waals surface area contributed by atoms with E-state index < -0.39 is 16.9 Å². The molecule has 0 spiro atoms. The van der Waals surface area contributed by atoms with Crippen molar-refractivity contribution < 1.29 is 14.8 Å². The van der Waals surface area contributed by atoms with Crippen molar-refractivity contribution >= 4 is 22.4 Å². The van der Waals surface area contributed by atoms with E-state index in [0.717, 1.165) is 5.39 Å². The number of carbonyl (C=O) groups is 1. The lowest BCUT2D eigenvalue weighted by Gasteiger charge is -2.09. The number of hydrogen-bond acceptors (Lipinski definition) is 4. The van der Waals surface area contributed by atoms with Crippen molar-refractivity contribution in [2.24, 2.45) is 5.73 Å². The van der Waals surface area contributed by atoms with Gasteiger partial charge in [-0.05, 0) is 22.8 Å². The fraction of sp³-hybridized carbons (Fsp3) is 0.154. The predicted octanol–water partition coefficient (Wildman–Crippen LogP) is 1.70. The van der Waals surface area contributed by atoms with Gasteiger partial charge in [0, 0.05) is 12.1 Å². The number of fused-ring (bicyclic) bond motifs is 1. The molecule has 0 aliphatic carbocycles. The predicted molar refractivity (Wildman–Crippen MR) is 69.9 cm³/mol. The first-order valence-electron chi connectivity index (χ1n) is 5.63. The Labute approximate surface area is 108 Å². The molecular formula is C13H12N2O4. The average molecular weight is 260 g/mol. The Hall–Kier alpha value is -2.47. The molecule has 0 saturated carbocycles. The van der Waals surface area contributed by atoms with E-state index in [1.807, 2.05) is 0 Å². The summed E-state index contributed by atoms with van der Waals surface area (Å²) in [7, 11) is 0. The zero-order valence-corrected chi connectivity index (χ0v) is 9.95. The molecule has 0 aliphatic heterocycles. The molecule has 98 valence electrons. The molecular weight excluding hydrogens is 248 g/mol. The van der Waals surface area contributed by atoms with Crippen LogP contribution in [-0.2, 0) is 11.2 Å². The van der Waals surface area contributed by atoms with E-state index in [9.17, 15) is 14.9 Å². The monoisotopic (exact) mass is 260 g/mol. The van der Waals surface area contributed by atoms with E-state index in [0.29, 0.717) is 10.9 Å². The maximum absolute atomic E-state index is 10.9. The third kappa shape index (κ3) is 2.69. The fourth-order valence-corrected chi connectivity index (χ4v) is 1.97. The van der Waals surface area contributed by atoms with Crippen molar-refractivity contribution in [1.29, 1.82) is 0 Å². The molecule has 0 fully saturated rings. The van der Waals surface area contributed by atoms with E-state index in [4.69, 9.17) is 10.8 Å². The second-order valence-electron chi connectivity index (χ2n) is 4.23. The van der Waals surface area contributed by atoms with Gasteiger partial charge in [0.25, 0.3) is 5.69 Å². The van der Waals surface area contributed by atoms with Crippen LogP contribution in [0, 0.1) is 10.1 Å². The number of hydrogen-bond donors (Lipinski definition) is 2. The van der Waals surface area contributed by atoms with Gasteiger partial charge in [0.2, 0.25) is 0 Å². The molecule has 0 aliphatic rings. The Bertz CT molecular complexity index is 654. The summed E-state index contributed by atoms with van der Waals surface area (Å²) >= 11 is 0. The molecule has 2 aromatic rings. The molecule has 2 rings (SSSR count). The molecule has 0 heterocycles. The minimum atomic E-state index is -1.13. The van der Waals surface area contributed by atoms with Gasteiger partial charge >= 0.3 is 5.97 Å². The highest BCUT2D eigenvalue weighted by Gasteiger charge is 2.17. The summed E-state index contributed by atoms with van der Waals surface area (Å²) in [5, 5.41) is 21.2. The van der Waals surface area contributed by atoms with Crippen molar-refractivity contribution in [3.05, 3.63) is 52.1 Å². The number of carboxylic acids is 1. The maximum Gasteiger partial charge on any atom is 0.320 e. The van der Waals surface area contributed by atoms with Crippen molar-refractivity contribution in [2.45, 2.75) is 12.5 Å². The highest BCUT2D eigenvalue weighted by Crippen LogP contribution is 2.26. The van der Waals surface area contributed by atoms with Crippen molar-refractivity contribution in [2.75, 3.05) is 0 Å². The van der Waals surface area contributed by atoms with Crippen LogP contribution in [0.3, 0.4) is 0 Å². The van der Waals surface area contributed by atoms with Crippen molar-refractivity contribution in [3.8, 4) is 0 Å². The Morgan fingerprint density at radius 3 is 2.68 bits per heavy atom. The first-order chi connectivity index (χ1) is 8.99. The minimum Gasteiger partial charge on any atom is -0.480 e. The van der Waals surface area contributed by atoms with Crippen LogP contribution in [0.5, 0.6) is 0 Å². The smallest absolute Gasteiger partial charge is 0.320 e. The van der Waals surface area contributed by atoms with Gasteiger partial charge in [0.1, 0.15) is 6.04 Å². The van der Waals surface area contributed by atoms with Crippen LogP contribution in [0.25, 0.3) is 10.8 Å². The Balaban J connectivity index is 2.56. The SMILES string of the molecule is N[C@@H](Cc1cc([N+](=O)[O-])cc2ccccc12)C(=O)O. The van der Waals surface area contributed by atoms with Gasteiger partial charge in [0.05, 0.1) is 4.92 Å². The van der Waals surface area contributed by atoms with E-state index in [1.165, 1.54) is 12.1 Å². The third-order valence-electron chi connectivity index (χ3n) is 2.90. The van der Waals surface area contributed by atoms with Crippen LogP contribution in [0.4, 0.5) is 5.69 Å². The van der Waals surface area contributed by atoms with E-state index in [-0.39, 0.29) is 12.1 Å². The number of nitro benzene ring substituents is 1. The highest BCUT2D eigenvalue weighted by molar-refractivity contribution is 5.88. The summed E-state index contributed by atoms with van der Waals surface area (Å²) in [4.78, 5) is 21.2. The summed E-state index contributed by atoms with van der Waals surface area (Å²) in [6, 6.07) is 8.87. The topological polar surface area (TPSA) is 106 Å². The normalized spacial score (nSPS) is 12.3. The largest absolute Gasteiger partial charge is 0.480 e. The molecule has 1 atom stereocenters. The highest BCUT2D eigenvalue weighted by atomic mass is 16.6. The Morgan fingerprint density at radius 1 is 1.37 bits per heavy atom. The fourth-order valence-electron chi connectivity index (χ4n) is 1.97. The summed E-state index contributed by atoms with van der Waals surface area (Å²) in [6.45, 7) is 0. The lowest BCUT2D eigenvalue weighted by molar-refractivity contribution is -0.384. The number of aliphatic carboxylic acids is 1. The van der Waals surface area contributed by atoms with Gasteiger partial charge in [-0.15, -0.1) is 0 Å². The number of non-ortho nitro benzene ring substituents is 1. The third-order valence-corrected chi connectivity index (χ3v) is 2.90. The lowest BCUT2D eigenvalue weighted by Crippen LogP contribution is -2.32. The number of carboxylic acid groups (broad SMARTS) is 1. The Kier molecular flexibility index (Phi) is 3.43. The molecule has 0 amide bonds. The number of nitro groups is 1. The van der Waals surface area contributed by atoms with Gasteiger partial charge in [-0.2, -0.15) is 0 Å². The molecule has 0 bridgehead atoms. The van der Waals surface area contributed by atoms with Crippen molar-refractivity contribution in [1.82, 2.24) is 0 Å². The second kappa shape index (κ2) is 5.03. The summed E-state index contributed by atoms with van der Waals surface area (Å²) in [5.74, 6) is -1.13. The van der Waals surface area contributed by atoms with Crippen LogP contribution in [-0.4, -0.2) is 22.0 Å². The molecule has 0 radical (unpaired) electrons. The molecule has 3 N–H and O–H groups in total. The second-order valence-corrected chi connectivity index (χ2v) is 4.23. The standard InChI is InChI=1S/C13H12N2O4/c14-12(13(16)17)7-9-6-10(15(18)19)5-8-3-1-2-4-11(8)9/h1-6,12H,7,14H2,(H,16,17)/t12-/m0/s1. The molecule has 0 unspecified atom stereocenters. The van der Waals surface area contributed by atoms with Crippen molar-refractivity contribution in [3.63, 3.8) is 0 Å². The average Bonchev–Trinajstić information content (AvgIpc) is 2.38. The van der Waals surface area contributed by atoms with E-state index >= 15 is 0 Å². The number of benzene rings is 2. The van der Waals surface area contributed by atoms with Crippen LogP contribution in [0.1, 0.15) is 5.56 Å². The first-order valence-corrected chi connectivity index (χ1v) is 5.63. The number of nitrogens with zero attached hydrogens (tertiary/aromatic N) is 1. The van der Waals surface area contributed by atoms with Crippen LogP contribution in [0.2, 0.25) is 0 Å². The minimum absolute atomic E-state index is 0.0531. The molecule has 2 aromatic carbocycles. The van der Waals surface area contributed by atoms with E-state index in [2.05, 4.69) is 0 Å². The first kappa shape index (κ1) is 13.0. The quantitative estimate of drug-likeness (QED) is 0.642. The lowest BCUT2D eigenvalue weighted by atomic mass is 9.98. The number of rotatable bonds is 4. The molecule has 0 aromatic heterocycles. The van der Waals surface area contributed by atoms with E-state index in [1.54, 1.807) is 24.3 Å². The van der Waals surface area contributed by atoms with Crippen LogP contribution in [0.15, 0.2) is 36.4 Å². The molecule has 19 heavy (non-hydrogen) atoms. The number of nitrogens with two attached hydrogens (primary N) is 1. The molecule has 6 nitrogen and oxygen atoms in total.